The Morgan fingerprint density at radius 3 is 2.37 bits per heavy atom. The summed E-state index contributed by atoms with van der Waals surface area (Å²) in [7, 11) is -5.13. The third-order valence-electron chi connectivity index (χ3n) is 5.39. The summed E-state index contributed by atoms with van der Waals surface area (Å²) in [6.45, 7) is 9.19. The Hall–Kier alpha value is -1.45. The molecule has 0 aliphatic carbocycles. The van der Waals surface area contributed by atoms with Gasteiger partial charge in [-0.3, -0.25) is 4.31 Å². The van der Waals surface area contributed by atoms with Crippen LogP contribution < -0.4 is 4.31 Å². The van der Waals surface area contributed by atoms with Crippen LogP contribution in [0.4, 0.5) is 14.5 Å². The smallest absolute Gasteiger partial charge is 0.398 e. The third kappa shape index (κ3) is 3.41. The molecule has 0 amide bonds. The van der Waals surface area contributed by atoms with Crippen LogP contribution in [0.15, 0.2) is 23.9 Å². The maximum absolute atomic E-state index is 15.4. The number of halogens is 2. The normalized spacial score (nSPS) is 24.7. The first-order valence-corrected chi connectivity index (χ1v) is 10.5. The van der Waals surface area contributed by atoms with E-state index in [9.17, 15) is 12.8 Å². The molecule has 9 heteroatoms. The van der Waals surface area contributed by atoms with Crippen LogP contribution in [-0.2, 0) is 19.3 Å². The van der Waals surface area contributed by atoms with Crippen molar-refractivity contribution in [1.82, 2.24) is 0 Å². The predicted octanol–water partition coefficient (Wildman–Crippen LogP) is 3.70. The molecule has 5 nitrogen and oxygen atoms in total. The standard InChI is InChI=1S/C18H24BF2NO4S/c1-6-9-22-15-8-7-12(20)10-13(15)14(11-27(22,23)24)16(21)19-25-17(2,3)18(4,5)26-19/h7-8,10H,6,9,11H2,1-5H3. The van der Waals surface area contributed by atoms with Crippen LogP contribution in [0.3, 0.4) is 0 Å². The first-order chi connectivity index (χ1) is 12.4. The van der Waals surface area contributed by atoms with Crippen LogP contribution >= 0.6 is 0 Å². The molecule has 0 unspecified atom stereocenters. The van der Waals surface area contributed by atoms with Crippen LogP contribution in [0.1, 0.15) is 46.6 Å². The Labute approximate surface area is 159 Å². The fourth-order valence-electron chi connectivity index (χ4n) is 3.20. The molecule has 1 fully saturated rings. The molecule has 27 heavy (non-hydrogen) atoms. The maximum atomic E-state index is 15.4. The lowest BCUT2D eigenvalue weighted by molar-refractivity contribution is 0.00578. The fourth-order valence-corrected chi connectivity index (χ4v) is 4.94. The Morgan fingerprint density at radius 1 is 1.22 bits per heavy atom. The molecule has 0 atom stereocenters. The molecule has 2 heterocycles. The van der Waals surface area contributed by atoms with E-state index in [0.29, 0.717) is 6.42 Å². The summed E-state index contributed by atoms with van der Waals surface area (Å²) < 4.78 is 67.4. The number of sulfonamides is 1. The minimum Gasteiger partial charge on any atom is -0.398 e. The molecule has 0 aromatic heterocycles. The van der Waals surface area contributed by atoms with Gasteiger partial charge in [0.15, 0.2) is 0 Å². The second kappa shape index (κ2) is 6.56. The first-order valence-electron chi connectivity index (χ1n) is 8.94. The Balaban J connectivity index is 2.14. The summed E-state index contributed by atoms with van der Waals surface area (Å²) >= 11 is 0. The molecule has 3 rings (SSSR count). The minimum atomic E-state index is -3.79. The fraction of sp³-hybridized carbons (Fsp3) is 0.556. The highest BCUT2D eigenvalue weighted by molar-refractivity contribution is 7.93. The van der Waals surface area contributed by atoms with Crippen LogP contribution in [0, 0.1) is 5.82 Å². The van der Waals surface area contributed by atoms with Gasteiger partial charge in [-0.05, 0) is 52.3 Å². The van der Waals surface area contributed by atoms with Gasteiger partial charge in [0.1, 0.15) is 11.5 Å². The van der Waals surface area contributed by atoms with Gasteiger partial charge in [-0.2, -0.15) is 0 Å². The van der Waals surface area contributed by atoms with Gasteiger partial charge in [-0.25, -0.2) is 17.2 Å². The first kappa shape index (κ1) is 20.3. The topological polar surface area (TPSA) is 55.8 Å². The SMILES string of the molecule is CCCN1c2ccc(F)cc2C(=C(F)B2OC(C)(C)C(C)(C)O2)CS1(=O)=O. The van der Waals surface area contributed by atoms with Crippen molar-refractivity contribution in [3.8, 4) is 0 Å². The van der Waals surface area contributed by atoms with Crippen LogP contribution in [0.25, 0.3) is 5.57 Å². The van der Waals surface area contributed by atoms with Gasteiger partial charge in [0.05, 0.1) is 22.6 Å². The van der Waals surface area contributed by atoms with Gasteiger partial charge in [0.25, 0.3) is 0 Å². The van der Waals surface area contributed by atoms with E-state index in [1.165, 1.54) is 16.4 Å². The van der Waals surface area contributed by atoms with E-state index in [4.69, 9.17) is 9.31 Å². The predicted molar refractivity (Wildman–Crippen MR) is 102 cm³/mol. The van der Waals surface area contributed by atoms with Gasteiger partial charge in [-0.1, -0.05) is 6.92 Å². The van der Waals surface area contributed by atoms with Gasteiger partial charge in [0, 0.05) is 17.7 Å². The van der Waals surface area contributed by atoms with Crippen LogP contribution in [-0.4, -0.2) is 39.0 Å². The van der Waals surface area contributed by atoms with Gasteiger partial charge >= 0.3 is 7.12 Å². The molecule has 0 spiro atoms. The Kier molecular flexibility index (Phi) is 4.93. The Morgan fingerprint density at radius 2 is 1.81 bits per heavy atom. The monoisotopic (exact) mass is 399 g/mol. The average molecular weight is 399 g/mol. The van der Waals surface area contributed by atoms with Gasteiger partial charge in [0.2, 0.25) is 10.0 Å². The lowest BCUT2D eigenvalue weighted by Crippen LogP contribution is -2.41. The summed E-state index contributed by atoms with van der Waals surface area (Å²) in [6, 6.07) is 3.70. The number of rotatable bonds is 3. The second-order valence-electron chi connectivity index (χ2n) is 7.90. The van der Waals surface area contributed by atoms with Crippen molar-refractivity contribution < 1.29 is 26.5 Å². The lowest BCUT2D eigenvalue weighted by atomic mass is 9.83. The Bertz CT molecular complexity index is 883. The van der Waals surface area contributed by atoms with E-state index in [0.717, 1.165) is 6.07 Å². The molecule has 1 aromatic rings. The molecule has 148 valence electrons. The van der Waals surface area contributed by atoms with Crippen molar-refractivity contribution in [3.63, 3.8) is 0 Å². The van der Waals surface area contributed by atoms with Crippen molar-refractivity contribution in [2.45, 2.75) is 52.2 Å². The molecular weight excluding hydrogens is 375 g/mol. The van der Waals surface area contributed by atoms with Crippen LogP contribution in [0.2, 0.25) is 0 Å². The zero-order valence-corrected chi connectivity index (χ0v) is 17.0. The lowest BCUT2D eigenvalue weighted by Gasteiger charge is -2.32. The third-order valence-corrected chi connectivity index (χ3v) is 7.09. The van der Waals surface area contributed by atoms with E-state index >= 15 is 4.39 Å². The highest BCUT2D eigenvalue weighted by atomic mass is 32.2. The van der Waals surface area contributed by atoms with E-state index < -0.39 is 45.6 Å². The number of hydrogen-bond donors (Lipinski definition) is 0. The summed E-state index contributed by atoms with van der Waals surface area (Å²) in [5, 5.41) is 0. The van der Waals surface area contributed by atoms with Gasteiger partial charge < -0.3 is 9.31 Å². The minimum absolute atomic E-state index is 0.115. The number of nitrogens with zero attached hydrogens (tertiary/aromatic N) is 1. The average Bonchev–Trinajstić information content (AvgIpc) is 2.77. The van der Waals surface area contributed by atoms with Crippen LogP contribution in [0.5, 0.6) is 0 Å². The highest BCUT2D eigenvalue weighted by Gasteiger charge is 2.54. The van der Waals surface area contributed by atoms with Crippen molar-refractivity contribution in [3.05, 3.63) is 35.3 Å². The van der Waals surface area contributed by atoms with E-state index in [-0.39, 0.29) is 23.4 Å². The van der Waals surface area contributed by atoms with Crippen molar-refractivity contribution in [2.75, 3.05) is 16.6 Å². The van der Waals surface area contributed by atoms with E-state index in [1.807, 2.05) is 6.92 Å². The second-order valence-corrected chi connectivity index (χ2v) is 9.80. The molecule has 0 radical (unpaired) electrons. The number of anilines is 1. The molecule has 2 aliphatic heterocycles. The van der Waals surface area contributed by atoms with E-state index in [2.05, 4.69) is 0 Å². The van der Waals surface area contributed by atoms with E-state index in [1.54, 1.807) is 27.7 Å². The molecule has 1 aromatic carbocycles. The maximum Gasteiger partial charge on any atom is 0.525 e. The van der Waals surface area contributed by atoms with Crippen molar-refractivity contribution >= 4 is 28.4 Å². The quantitative estimate of drug-likeness (QED) is 0.728. The zero-order valence-electron chi connectivity index (χ0n) is 16.2. The number of hydrogen-bond acceptors (Lipinski definition) is 4. The summed E-state index contributed by atoms with van der Waals surface area (Å²) in [5.74, 6) is -1.14. The highest BCUT2D eigenvalue weighted by Crippen LogP contribution is 2.43. The van der Waals surface area contributed by atoms with Crippen molar-refractivity contribution in [1.29, 1.82) is 0 Å². The molecule has 0 bridgehead atoms. The number of benzene rings is 1. The summed E-state index contributed by atoms with van der Waals surface area (Å²) in [4.78, 5) is 0. The van der Waals surface area contributed by atoms with Gasteiger partial charge in [-0.15, -0.1) is 0 Å². The largest absolute Gasteiger partial charge is 0.525 e. The molecule has 1 saturated heterocycles. The summed E-state index contributed by atoms with van der Waals surface area (Å²) in [6.07, 6.45) is 0.578. The molecule has 2 aliphatic rings. The number of fused-ring (bicyclic) bond motifs is 1. The molecule has 0 saturated carbocycles. The summed E-state index contributed by atoms with van der Waals surface area (Å²) in [5.41, 5.74) is -2.02. The molecule has 0 N–H and O–H groups in total. The zero-order chi connectivity index (χ0) is 20.2. The molecular formula is C18H24BF2NO4S. The van der Waals surface area contributed by atoms with Crippen molar-refractivity contribution in [2.24, 2.45) is 0 Å².